The summed E-state index contributed by atoms with van der Waals surface area (Å²) < 4.78 is 6.25. The molecule has 0 aliphatic rings. The van der Waals surface area contributed by atoms with Crippen molar-refractivity contribution in [3.05, 3.63) is 58.7 Å². The molecule has 9 heteroatoms. The normalized spacial score (nSPS) is 10.8. The number of ether oxygens (including phenoxy) is 1. The summed E-state index contributed by atoms with van der Waals surface area (Å²) in [5, 5.41) is 11.5. The van der Waals surface area contributed by atoms with E-state index < -0.39 is 0 Å². The molecule has 0 saturated carbocycles. The molecule has 0 saturated heterocycles. The highest BCUT2D eigenvalue weighted by Crippen LogP contribution is 2.29. The van der Waals surface area contributed by atoms with Gasteiger partial charge in [0.15, 0.2) is 4.34 Å². The van der Waals surface area contributed by atoms with Crippen LogP contribution in [0.15, 0.2) is 46.9 Å². The number of carbonyl (C=O) groups excluding carboxylic acids is 1. The van der Waals surface area contributed by atoms with Crippen molar-refractivity contribution in [2.45, 2.75) is 30.0 Å². The summed E-state index contributed by atoms with van der Waals surface area (Å²) in [6.07, 6.45) is 1.37. The highest BCUT2D eigenvalue weighted by Gasteiger charge is 2.14. The number of halogens is 1. The van der Waals surface area contributed by atoms with Crippen molar-refractivity contribution in [3.8, 4) is 5.88 Å². The number of hydrogen-bond donors (Lipinski definition) is 1. The van der Waals surface area contributed by atoms with Gasteiger partial charge in [-0.2, -0.15) is 0 Å². The minimum Gasteiger partial charge on any atom is -0.474 e. The Morgan fingerprint density at radius 1 is 1.30 bits per heavy atom. The number of pyridine rings is 1. The summed E-state index contributed by atoms with van der Waals surface area (Å²) >= 11 is 9.02. The number of thioether (sulfide) groups is 1. The Bertz CT molecular complexity index is 919. The van der Waals surface area contributed by atoms with E-state index in [1.54, 1.807) is 11.8 Å². The molecular formula is C18H17ClN4O2S2. The average molecular weight is 421 g/mol. The number of nitrogens with one attached hydrogen (secondary N) is 1. The molecule has 27 heavy (non-hydrogen) atoms. The highest BCUT2D eigenvalue weighted by atomic mass is 35.5. The molecule has 6 nitrogen and oxygen atoms in total. The van der Waals surface area contributed by atoms with Crippen LogP contribution in [0.25, 0.3) is 0 Å². The first kappa shape index (κ1) is 19.6. The van der Waals surface area contributed by atoms with Crippen molar-refractivity contribution < 1.29 is 9.53 Å². The first-order chi connectivity index (χ1) is 13.0. The Morgan fingerprint density at radius 2 is 2.07 bits per heavy atom. The number of rotatable bonds is 7. The number of benzene rings is 1. The molecule has 0 spiro atoms. The summed E-state index contributed by atoms with van der Waals surface area (Å²) in [6, 6.07) is 11.6. The van der Waals surface area contributed by atoms with Crippen molar-refractivity contribution in [1.29, 1.82) is 0 Å². The van der Waals surface area contributed by atoms with Gasteiger partial charge < -0.3 is 4.74 Å². The Morgan fingerprint density at radius 3 is 2.78 bits per heavy atom. The summed E-state index contributed by atoms with van der Waals surface area (Å²) in [6.45, 7) is 3.75. The second-order valence-electron chi connectivity index (χ2n) is 5.78. The highest BCUT2D eigenvalue weighted by molar-refractivity contribution is 8.00. The van der Waals surface area contributed by atoms with E-state index in [1.807, 2.05) is 32.0 Å². The summed E-state index contributed by atoms with van der Waals surface area (Å²) in [7, 11) is 0. The minimum atomic E-state index is -0.351. The zero-order valence-corrected chi connectivity index (χ0v) is 17.1. The van der Waals surface area contributed by atoms with Crippen LogP contribution < -0.4 is 10.1 Å². The van der Waals surface area contributed by atoms with E-state index in [2.05, 4.69) is 32.6 Å². The number of amides is 1. The molecule has 0 fully saturated rings. The topological polar surface area (TPSA) is 77.0 Å². The lowest BCUT2D eigenvalue weighted by Gasteiger charge is -2.10. The van der Waals surface area contributed by atoms with Gasteiger partial charge in [-0.3, -0.25) is 10.1 Å². The van der Waals surface area contributed by atoms with E-state index in [0.29, 0.717) is 16.6 Å². The SMILES string of the molecule is CC(C)Oc1ncc(C(=O)Nc2nnc(SCc3ccccc3)s2)cc1Cl. The summed E-state index contributed by atoms with van der Waals surface area (Å²) in [5.74, 6) is 0.746. The molecule has 3 rings (SSSR count). The molecule has 0 atom stereocenters. The molecule has 0 unspecified atom stereocenters. The summed E-state index contributed by atoms with van der Waals surface area (Å²) in [4.78, 5) is 16.5. The van der Waals surface area contributed by atoms with E-state index in [1.165, 1.54) is 29.2 Å². The van der Waals surface area contributed by atoms with Gasteiger partial charge in [-0.05, 0) is 25.5 Å². The molecule has 2 heterocycles. The van der Waals surface area contributed by atoms with Gasteiger partial charge in [0.1, 0.15) is 5.02 Å². The molecule has 0 radical (unpaired) electrons. The molecule has 0 bridgehead atoms. The predicted octanol–water partition coefficient (Wildman–Crippen LogP) is 4.92. The third kappa shape index (κ3) is 5.66. The lowest BCUT2D eigenvalue weighted by molar-refractivity contribution is 0.102. The molecule has 3 aromatic rings. The number of hydrogen-bond acceptors (Lipinski definition) is 7. The smallest absolute Gasteiger partial charge is 0.259 e. The van der Waals surface area contributed by atoms with Gasteiger partial charge in [0.2, 0.25) is 11.0 Å². The van der Waals surface area contributed by atoms with Crippen LogP contribution in [0.1, 0.15) is 29.8 Å². The Labute approximate surface area is 170 Å². The van der Waals surface area contributed by atoms with Gasteiger partial charge in [-0.1, -0.05) is 65.0 Å². The molecule has 1 N–H and O–H groups in total. The van der Waals surface area contributed by atoms with Crippen LogP contribution in [-0.2, 0) is 5.75 Å². The van der Waals surface area contributed by atoms with Crippen molar-refractivity contribution in [2.24, 2.45) is 0 Å². The van der Waals surface area contributed by atoms with Gasteiger partial charge in [-0.15, -0.1) is 10.2 Å². The quantitative estimate of drug-likeness (QED) is 0.432. The standard InChI is InChI=1S/C18H17ClN4O2S2/c1-11(2)25-16-14(19)8-13(9-20-16)15(24)21-17-22-23-18(27-17)26-10-12-6-4-3-5-7-12/h3-9,11H,10H2,1-2H3,(H,21,22,24). The summed E-state index contributed by atoms with van der Waals surface area (Å²) in [5.41, 5.74) is 1.53. The Hall–Kier alpha value is -2.16. The van der Waals surface area contributed by atoms with Gasteiger partial charge in [0.05, 0.1) is 11.7 Å². The van der Waals surface area contributed by atoms with Gasteiger partial charge in [-0.25, -0.2) is 4.98 Å². The van der Waals surface area contributed by atoms with Gasteiger partial charge in [0.25, 0.3) is 5.91 Å². The lowest BCUT2D eigenvalue weighted by Crippen LogP contribution is -2.13. The van der Waals surface area contributed by atoms with Crippen LogP contribution in [0.4, 0.5) is 5.13 Å². The number of anilines is 1. The second-order valence-corrected chi connectivity index (χ2v) is 8.39. The molecule has 140 valence electrons. The fourth-order valence-electron chi connectivity index (χ4n) is 2.07. The first-order valence-electron chi connectivity index (χ1n) is 8.15. The van der Waals surface area contributed by atoms with E-state index in [-0.39, 0.29) is 17.0 Å². The maximum Gasteiger partial charge on any atom is 0.259 e. The van der Waals surface area contributed by atoms with Crippen molar-refractivity contribution in [1.82, 2.24) is 15.2 Å². The zero-order chi connectivity index (χ0) is 19.2. The van der Waals surface area contributed by atoms with E-state index in [4.69, 9.17) is 16.3 Å². The number of carbonyl (C=O) groups is 1. The maximum atomic E-state index is 12.4. The van der Waals surface area contributed by atoms with E-state index >= 15 is 0 Å². The molecule has 0 aliphatic carbocycles. The first-order valence-corrected chi connectivity index (χ1v) is 10.3. The van der Waals surface area contributed by atoms with Crippen molar-refractivity contribution in [2.75, 3.05) is 5.32 Å². The predicted molar refractivity (Wildman–Crippen MR) is 109 cm³/mol. The fraction of sp³-hybridized carbons (Fsp3) is 0.222. The molecule has 2 aromatic heterocycles. The Balaban J connectivity index is 1.59. The number of aromatic nitrogens is 3. The van der Waals surface area contributed by atoms with Crippen LogP contribution in [-0.4, -0.2) is 27.2 Å². The minimum absolute atomic E-state index is 0.0529. The van der Waals surface area contributed by atoms with Crippen LogP contribution in [0, 0.1) is 0 Å². The van der Waals surface area contributed by atoms with Crippen LogP contribution >= 0.6 is 34.7 Å². The van der Waals surface area contributed by atoms with Crippen LogP contribution in [0.2, 0.25) is 5.02 Å². The molecule has 0 aliphatic heterocycles. The van der Waals surface area contributed by atoms with Crippen LogP contribution in [0.5, 0.6) is 5.88 Å². The lowest BCUT2D eigenvalue weighted by atomic mass is 10.2. The van der Waals surface area contributed by atoms with Gasteiger partial charge >= 0.3 is 0 Å². The average Bonchev–Trinajstić information content (AvgIpc) is 3.09. The fourth-order valence-corrected chi connectivity index (χ4v) is 3.98. The third-order valence-electron chi connectivity index (χ3n) is 3.25. The third-order valence-corrected chi connectivity index (χ3v) is 5.56. The van der Waals surface area contributed by atoms with Crippen LogP contribution in [0.3, 0.4) is 0 Å². The van der Waals surface area contributed by atoms with E-state index in [0.717, 1.165) is 10.1 Å². The molecule has 1 aromatic carbocycles. The molecular weight excluding hydrogens is 404 g/mol. The van der Waals surface area contributed by atoms with E-state index in [9.17, 15) is 4.79 Å². The Kier molecular flexibility index (Phi) is 6.65. The largest absolute Gasteiger partial charge is 0.474 e. The number of nitrogens with zero attached hydrogens (tertiary/aromatic N) is 3. The van der Waals surface area contributed by atoms with Gasteiger partial charge in [0, 0.05) is 11.9 Å². The molecule has 1 amide bonds. The second kappa shape index (κ2) is 9.16. The van der Waals surface area contributed by atoms with Crippen molar-refractivity contribution in [3.63, 3.8) is 0 Å². The van der Waals surface area contributed by atoms with Crippen molar-refractivity contribution >= 4 is 45.7 Å². The zero-order valence-electron chi connectivity index (χ0n) is 14.7. The maximum absolute atomic E-state index is 12.4. The monoisotopic (exact) mass is 420 g/mol.